The van der Waals surface area contributed by atoms with Gasteiger partial charge in [-0.05, 0) is 24.6 Å². The van der Waals surface area contributed by atoms with Gasteiger partial charge in [-0.2, -0.15) is 13.2 Å². The van der Waals surface area contributed by atoms with E-state index in [9.17, 15) is 18.0 Å². The fourth-order valence-corrected chi connectivity index (χ4v) is 1.80. The van der Waals surface area contributed by atoms with E-state index in [4.69, 9.17) is 0 Å². The van der Waals surface area contributed by atoms with Crippen molar-refractivity contribution < 1.29 is 18.0 Å². The van der Waals surface area contributed by atoms with Crippen LogP contribution in [0.1, 0.15) is 24.1 Å². The summed E-state index contributed by atoms with van der Waals surface area (Å²) in [5.74, 6) is -0.124. The standard InChI is InChI=1S/C12H12F3N3O/c1-2-16-11-17-9(10(19)18-11)7-4-3-5-8(6-7)12(13,14)15/h3-6,9H,2H2,1H3,(H2,16,17,18,19). The summed E-state index contributed by atoms with van der Waals surface area (Å²) in [5.41, 5.74) is -0.519. The SMILES string of the molecule is CCN=C1NC(=O)C(c2cccc(C(F)(F)F)c2)N1. The molecule has 1 aliphatic rings. The molecule has 0 radical (unpaired) electrons. The molecule has 1 aromatic carbocycles. The summed E-state index contributed by atoms with van der Waals surface area (Å²) >= 11 is 0. The molecule has 0 aliphatic carbocycles. The molecule has 1 aliphatic heterocycles. The Bertz CT molecular complexity index is 525. The second-order valence-electron chi connectivity index (χ2n) is 4.01. The van der Waals surface area contributed by atoms with Crippen LogP contribution in [0.15, 0.2) is 29.3 Å². The number of guanidine groups is 1. The third-order valence-electron chi connectivity index (χ3n) is 2.65. The Morgan fingerprint density at radius 1 is 1.37 bits per heavy atom. The summed E-state index contributed by atoms with van der Waals surface area (Å²) in [7, 11) is 0. The van der Waals surface area contributed by atoms with E-state index in [1.165, 1.54) is 12.1 Å². The van der Waals surface area contributed by atoms with Gasteiger partial charge >= 0.3 is 6.18 Å². The van der Waals surface area contributed by atoms with Crippen LogP contribution in [-0.2, 0) is 11.0 Å². The number of halogens is 3. The Kier molecular flexibility index (Phi) is 3.46. The Morgan fingerprint density at radius 3 is 2.74 bits per heavy atom. The molecule has 2 rings (SSSR count). The van der Waals surface area contributed by atoms with E-state index in [2.05, 4.69) is 15.6 Å². The molecular weight excluding hydrogens is 259 g/mol. The van der Waals surface area contributed by atoms with Crippen molar-refractivity contribution in [2.24, 2.45) is 4.99 Å². The molecule has 1 heterocycles. The number of rotatable bonds is 2. The van der Waals surface area contributed by atoms with Crippen molar-refractivity contribution in [1.82, 2.24) is 10.6 Å². The molecule has 1 fully saturated rings. The lowest BCUT2D eigenvalue weighted by Gasteiger charge is -2.11. The van der Waals surface area contributed by atoms with Crippen LogP contribution in [0.5, 0.6) is 0 Å². The van der Waals surface area contributed by atoms with Crippen molar-refractivity contribution in [3.8, 4) is 0 Å². The topological polar surface area (TPSA) is 53.5 Å². The van der Waals surface area contributed by atoms with E-state index >= 15 is 0 Å². The van der Waals surface area contributed by atoms with Crippen molar-refractivity contribution in [2.45, 2.75) is 19.1 Å². The van der Waals surface area contributed by atoms with E-state index in [0.717, 1.165) is 12.1 Å². The van der Waals surface area contributed by atoms with Gasteiger partial charge in [0, 0.05) is 6.54 Å². The summed E-state index contributed by atoms with van der Waals surface area (Å²) in [6.07, 6.45) is -4.43. The van der Waals surface area contributed by atoms with Crippen molar-refractivity contribution >= 4 is 11.9 Å². The van der Waals surface area contributed by atoms with Gasteiger partial charge in [0.15, 0.2) is 5.96 Å². The fourth-order valence-electron chi connectivity index (χ4n) is 1.80. The smallest absolute Gasteiger partial charge is 0.340 e. The first-order valence-corrected chi connectivity index (χ1v) is 5.71. The van der Waals surface area contributed by atoms with Crippen LogP contribution in [0.25, 0.3) is 0 Å². The zero-order chi connectivity index (χ0) is 14.0. The Balaban J connectivity index is 2.28. The van der Waals surface area contributed by atoms with Crippen LogP contribution in [0.3, 0.4) is 0 Å². The third kappa shape index (κ3) is 2.86. The second-order valence-corrected chi connectivity index (χ2v) is 4.01. The molecule has 102 valence electrons. The van der Waals surface area contributed by atoms with Crippen LogP contribution in [-0.4, -0.2) is 18.4 Å². The maximum Gasteiger partial charge on any atom is 0.416 e. The number of hydrogen-bond acceptors (Lipinski definition) is 2. The number of carbonyl (C=O) groups is 1. The number of nitrogens with zero attached hydrogens (tertiary/aromatic N) is 1. The molecule has 0 bridgehead atoms. The number of carbonyl (C=O) groups excluding carboxylic acids is 1. The number of nitrogens with one attached hydrogen (secondary N) is 2. The van der Waals surface area contributed by atoms with Crippen molar-refractivity contribution in [3.63, 3.8) is 0 Å². The first-order valence-electron chi connectivity index (χ1n) is 5.71. The van der Waals surface area contributed by atoms with Gasteiger partial charge in [-0.25, -0.2) is 0 Å². The highest BCUT2D eigenvalue weighted by Gasteiger charge is 2.34. The lowest BCUT2D eigenvalue weighted by Crippen LogP contribution is -2.25. The van der Waals surface area contributed by atoms with E-state index in [1.54, 1.807) is 6.92 Å². The predicted octanol–water partition coefficient (Wildman–Crippen LogP) is 1.84. The molecule has 19 heavy (non-hydrogen) atoms. The van der Waals surface area contributed by atoms with Crippen LogP contribution in [0, 0.1) is 0 Å². The molecule has 7 heteroatoms. The highest BCUT2D eigenvalue weighted by Crippen LogP contribution is 2.31. The zero-order valence-electron chi connectivity index (χ0n) is 10.1. The minimum Gasteiger partial charge on any atom is -0.340 e. The quantitative estimate of drug-likeness (QED) is 0.862. The normalized spacial score (nSPS) is 21.4. The monoisotopic (exact) mass is 271 g/mol. The highest BCUT2D eigenvalue weighted by molar-refractivity contribution is 6.06. The van der Waals surface area contributed by atoms with Gasteiger partial charge in [0.05, 0.1) is 5.56 Å². The number of alkyl halides is 3. The number of aliphatic imine (C=N–C) groups is 1. The molecule has 2 N–H and O–H groups in total. The minimum absolute atomic E-state index is 0.258. The maximum absolute atomic E-state index is 12.6. The lowest BCUT2D eigenvalue weighted by atomic mass is 10.0. The summed E-state index contributed by atoms with van der Waals surface area (Å²) in [4.78, 5) is 15.7. The van der Waals surface area contributed by atoms with Crippen LogP contribution in [0.4, 0.5) is 13.2 Å². The van der Waals surface area contributed by atoms with Crippen LogP contribution < -0.4 is 10.6 Å². The van der Waals surface area contributed by atoms with Gasteiger partial charge in [0.2, 0.25) is 0 Å². The Labute approximate surface area is 107 Å². The largest absolute Gasteiger partial charge is 0.416 e. The fraction of sp³-hybridized carbons (Fsp3) is 0.333. The summed E-state index contributed by atoms with van der Waals surface area (Å²) in [6, 6.07) is 3.85. The zero-order valence-corrected chi connectivity index (χ0v) is 10.1. The van der Waals surface area contributed by atoms with Gasteiger partial charge in [0.1, 0.15) is 6.04 Å². The van der Waals surface area contributed by atoms with Gasteiger partial charge in [-0.1, -0.05) is 12.1 Å². The summed E-state index contributed by atoms with van der Waals surface area (Å²) < 4.78 is 37.8. The maximum atomic E-state index is 12.6. The van der Waals surface area contributed by atoms with Crippen molar-refractivity contribution in [2.75, 3.05) is 6.54 Å². The Morgan fingerprint density at radius 2 is 2.11 bits per heavy atom. The van der Waals surface area contributed by atoms with E-state index < -0.39 is 23.7 Å². The number of hydrogen-bond donors (Lipinski definition) is 2. The average Bonchev–Trinajstić information content (AvgIpc) is 2.70. The Hall–Kier alpha value is -2.05. The molecule has 0 aromatic heterocycles. The van der Waals surface area contributed by atoms with Gasteiger partial charge < -0.3 is 5.32 Å². The average molecular weight is 271 g/mol. The number of amides is 1. The van der Waals surface area contributed by atoms with Gasteiger partial charge in [-0.3, -0.25) is 15.1 Å². The molecule has 0 saturated carbocycles. The molecule has 1 atom stereocenters. The first-order chi connectivity index (χ1) is 8.91. The molecule has 1 amide bonds. The minimum atomic E-state index is -4.43. The second kappa shape index (κ2) is 4.91. The van der Waals surface area contributed by atoms with Crippen molar-refractivity contribution in [1.29, 1.82) is 0 Å². The molecule has 1 unspecified atom stereocenters. The van der Waals surface area contributed by atoms with Crippen LogP contribution in [0.2, 0.25) is 0 Å². The molecular formula is C12H12F3N3O. The van der Waals surface area contributed by atoms with E-state index in [1.807, 2.05) is 0 Å². The molecule has 1 saturated heterocycles. The molecule has 1 aromatic rings. The summed E-state index contributed by atoms with van der Waals surface area (Å²) in [5, 5.41) is 5.24. The predicted molar refractivity (Wildman–Crippen MR) is 63.4 cm³/mol. The lowest BCUT2D eigenvalue weighted by molar-refractivity contribution is -0.137. The van der Waals surface area contributed by atoms with Gasteiger partial charge in [-0.15, -0.1) is 0 Å². The first kappa shape index (κ1) is 13.4. The van der Waals surface area contributed by atoms with E-state index in [-0.39, 0.29) is 11.5 Å². The molecule has 0 spiro atoms. The van der Waals surface area contributed by atoms with Crippen LogP contribution >= 0.6 is 0 Å². The summed E-state index contributed by atoms with van der Waals surface area (Å²) in [6.45, 7) is 2.26. The molecule has 4 nitrogen and oxygen atoms in total. The van der Waals surface area contributed by atoms with Gasteiger partial charge in [0.25, 0.3) is 5.91 Å². The number of benzene rings is 1. The van der Waals surface area contributed by atoms with Crippen molar-refractivity contribution in [3.05, 3.63) is 35.4 Å². The van der Waals surface area contributed by atoms with E-state index in [0.29, 0.717) is 6.54 Å². The highest BCUT2D eigenvalue weighted by atomic mass is 19.4. The third-order valence-corrected chi connectivity index (χ3v) is 2.65.